The van der Waals surface area contributed by atoms with Crippen molar-refractivity contribution in [3.63, 3.8) is 0 Å². The third-order valence-electron chi connectivity index (χ3n) is 6.60. The first kappa shape index (κ1) is 27.0. The number of rotatable bonds is 8. The van der Waals surface area contributed by atoms with E-state index >= 15 is 0 Å². The van der Waals surface area contributed by atoms with Crippen LogP contribution in [0.15, 0.2) is 58.0 Å². The zero-order chi connectivity index (χ0) is 27.7. The number of carbonyl (C=O) groups excluding carboxylic acids is 1. The van der Waals surface area contributed by atoms with Crippen molar-refractivity contribution in [3.05, 3.63) is 66.1 Å². The first-order chi connectivity index (χ1) is 18.7. The molecular weight excluding hydrogens is 552 g/mol. The van der Waals surface area contributed by atoms with Gasteiger partial charge in [-0.05, 0) is 55.3 Å². The predicted molar refractivity (Wildman–Crippen MR) is 140 cm³/mol. The molecule has 0 N–H and O–H groups in total. The fraction of sp³-hybridized carbons (Fsp3) is 0.308. The van der Waals surface area contributed by atoms with Crippen molar-refractivity contribution >= 4 is 42.6 Å². The fourth-order valence-corrected chi connectivity index (χ4v) is 7.19. The van der Waals surface area contributed by atoms with Crippen LogP contribution in [0, 0.1) is 17.6 Å². The van der Waals surface area contributed by atoms with Crippen LogP contribution in [0.2, 0.25) is 0 Å². The third-order valence-corrected chi connectivity index (χ3v) is 9.61. The number of carbonyl (C=O) groups is 1. The van der Waals surface area contributed by atoms with E-state index in [1.54, 1.807) is 31.4 Å². The normalized spacial score (nSPS) is 15.0. The van der Waals surface area contributed by atoms with Crippen molar-refractivity contribution in [1.29, 1.82) is 0 Å². The van der Waals surface area contributed by atoms with E-state index in [0.29, 0.717) is 38.7 Å². The lowest BCUT2D eigenvalue weighted by atomic mass is 9.96. The molecule has 39 heavy (non-hydrogen) atoms. The molecule has 206 valence electrons. The number of aromatic nitrogens is 1. The Morgan fingerprint density at radius 3 is 2.51 bits per heavy atom. The van der Waals surface area contributed by atoms with Crippen LogP contribution < -0.4 is 14.4 Å². The van der Waals surface area contributed by atoms with Crippen LogP contribution in [-0.2, 0) is 21.4 Å². The van der Waals surface area contributed by atoms with Crippen molar-refractivity contribution in [1.82, 2.24) is 9.29 Å². The van der Waals surface area contributed by atoms with E-state index in [1.165, 1.54) is 29.6 Å². The second-order valence-electron chi connectivity index (χ2n) is 8.90. The average Bonchev–Trinajstić information content (AvgIpc) is 3.62. The highest BCUT2D eigenvalue weighted by Crippen LogP contribution is 2.41. The molecule has 0 atom stereocenters. The number of benzene rings is 2. The maximum Gasteiger partial charge on any atom is 0.246 e. The van der Waals surface area contributed by atoms with Crippen LogP contribution >= 0.6 is 11.3 Å². The molecule has 13 heteroatoms. The minimum Gasteiger partial charge on any atom is -0.495 e. The molecule has 3 heterocycles. The molecule has 0 bridgehead atoms. The summed E-state index contributed by atoms with van der Waals surface area (Å²) in [7, 11) is -1.19. The van der Waals surface area contributed by atoms with Crippen molar-refractivity contribution in [3.8, 4) is 11.5 Å². The van der Waals surface area contributed by atoms with Gasteiger partial charge in [0, 0.05) is 19.0 Å². The summed E-state index contributed by atoms with van der Waals surface area (Å²) in [5, 5.41) is 0.408. The van der Waals surface area contributed by atoms with Crippen LogP contribution in [0.4, 0.5) is 13.9 Å². The summed E-state index contributed by atoms with van der Waals surface area (Å²) in [6.07, 6.45) is 1.90. The first-order valence-electron chi connectivity index (χ1n) is 12.0. The lowest BCUT2D eigenvalue weighted by molar-refractivity contribution is -0.123. The minimum atomic E-state index is -4.27. The zero-order valence-corrected chi connectivity index (χ0v) is 22.7. The Morgan fingerprint density at radius 2 is 1.85 bits per heavy atom. The maximum absolute atomic E-state index is 14.2. The van der Waals surface area contributed by atoms with Crippen LogP contribution in [0.25, 0.3) is 10.2 Å². The lowest BCUT2D eigenvalue weighted by Gasteiger charge is -2.32. The monoisotopic (exact) mass is 577 g/mol. The average molecular weight is 578 g/mol. The number of hydrogen-bond donors (Lipinski definition) is 0. The number of amides is 1. The molecule has 1 saturated heterocycles. The Morgan fingerprint density at radius 1 is 1.13 bits per heavy atom. The van der Waals surface area contributed by atoms with Gasteiger partial charge >= 0.3 is 0 Å². The molecular formula is C26H25F2N3O6S2. The summed E-state index contributed by atoms with van der Waals surface area (Å²) >= 11 is 1.27. The van der Waals surface area contributed by atoms with E-state index in [-0.39, 0.29) is 38.4 Å². The smallest absolute Gasteiger partial charge is 0.246 e. The quantitative estimate of drug-likeness (QED) is 0.296. The molecule has 0 radical (unpaired) electrons. The van der Waals surface area contributed by atoms with Crippen LogP contribution in [-0.4, -0.2) is 50.9 Å². The molecule has 0 aliphatic carbocycles. The van der Waals surface area contributed by atoms with E-state index in [1.807, 2.05) is 0 Å². The Kier molecular flexibility index (Phi) is 7.56. The zero-order valence-electron chi connectivity index (χ0n) is 21.1. The molecule has 1 amide bonds. The topological polar surface area (TPSA) is 102 Å². The largest absolute Gasteiger partial charge is 0.495 e. The predicted octanol–water partition coefficient (Wildman–Crippen LogP) is 4.82. The second kappa shape index (κ2) is 10.9. The number of thiazole rings is 1. The summed E-state index contributed by atoms with van der Waals surface area (Å²) in [6.45, 7) is 0.0683. The Bertz CT molecular complexity index is 1560. The van der Waals surface area contributed by atoms with E-state index in [9.17, 15) is 22.0 Å². The first-order valence-corrected chi connectivity index (χ1v) is 14.3. The molecule has 2 aromatic carbocycles. The van der Waals surface area contributed by atoms with E-state index in [2.05, 4.69) is 0 Å². The molecule has 1 aliphatic rings. The molecule has 0 saturated carbocycles. The van der Waals surface area contributed by atoms with Gasteiger partial charge in [0.2, 0.25) is 15.9 Å². The Hall–Kier alpha value is -3.55. The number of fused-ring (bicyclic) bond motifs is 1. The van der Waals surface area contributed by atoms with Gasteiger partial charge in [-0.2, -0.15) is 4.31 Å². The van der Waals surface area contributed by atoms with Gasteiger partial charge in [-0.1, -0.05) is 11.3 Å². The van der Waals surface area contributed by atoms with Crippen molar-refractivity contribution < 1.29 is 35.9 Å². The highest BCUT2D eigenvalue weighted by Gasteiger charge is 2.36. The number of methoxy groups -OCH3 is 2. The van der Waals surface area contributed by atoms with Crippen molar-refractivity contribution in [2.24, 2.45) is 5.92 Å². The van der Waals surface area contributed by atoms with Crippen molar-refractivity contribution in [2.75, 3.05) is 32.2 Å². The number of anilines is 1. The summed E-state index contributed by atoms with van der Waals surface area (Å²) in [5.41, 5.74) is 0.548. The maximum atomic E-state index is 14.2. The van der Waals surface area contributed by atoms with Gasteiger partial charge in [-0.15, -0.1) is 0 Å². The molecule has 5 rings (SSSR count). The Labute approximate surface area is 227 Å². The molecule has 2 aromatic heterocycles. The number of nitrogens with zero attached hydrogens (tertiary/aromatic N) is 3. The van der Waals surface area contributed by atoms with Crippen LogP contribution in [0.1, 0.15) is 18.6 Å². The third kappa shape index (κ3) is 5.21. The van der Waals surface area contributed by atoms with E-state index in [4.69, 9.17) is 18.9 Å². The van der Waals surface area contributed by atoms with Crippen LogP contribution in [0.3, 0.4) is 0 Å². The molecule has 0 unspecified atom stereocenters. The number of furan rings is 1. The molecule has 4 aromatic rings. The van der Waals surface area contributed by atoms with Gasteiger partial charge in [-0.25, -0.2) is 22.2 Å². The van der Waals surface area contributed by atoms with Gasteiger partial charge in [0.15, 0.2) is 5.13 Å². The van der Waals surface area contributed by atoms with Crippen LogP contribution in [0.5, 0.6) is 11.5 Å². The van der Waals surface area contributed by atoms with Gasteiger partial charge < -0.3 is 13.9 Å². The summed E-state index contributed by atoms with van der Waals surface area (Å²) in [5.74, 6) is -0.997. The number of ether oxygens (including phenoxy) is 2. The number of sulfonamides is 1. The second-order valence-corrected chi connectivity index (χ2v) is 11.8. The number of hydrogen-bond acceptors (Lipinski definition) is 8. The molecule has 1 fully saturated rings. The highest BCUT2D eigenvalue weighted by atomic mass is 32.2. The van der Waals surface area contributed by atoms with Gasteiger partial charge in [-0.3, -0.25) is 9.69 Å². The molecule has 9 nitrogen and oxygen atoms in total. The summed E-state index contributed by atoms with van der Waals surface area (Å²) in [4.78, 5) is 19.3. The fourth-order valence-electron chi connectivity index (χ4n) is 4.57. The summed E-state index contributed by atoms with van der Waals surface area (Å²) < 4.78 is 72.1. The standard InChI is InChI=1S/C26H25F2N3O6S2/c1-35-20-7-8-21(36-2)24-23(20)29-26(38-24)31(15-18-4-3-13-37-18)25(32)16-9-11-30(12-10-16)39(33,34)22-14-17(27)5-6-19(22)28/h3-8,13-14,16H,9-12,15H2,1-2H3. The number of halogens is 2. The summed E-state index contributed by atoms with van der Waals surface area (Å²) in [6, 6.07) is 9.28. The molecule has 1 aliphatic heterocycles. The van der Waals surface area contributed by atoms with Gasteiger partial charge in [0.1, 0.15) is 44.0 Å². The lowest BCUT2D eigenvalue weighted by Crippen LogP contribution is -2.44. The minimum absolute atomic E-state index is 0.0230. The van der Waals surface area contributed by atoms with E-state index in [0.717, 1.165) is 16.4 Å². The molecule has 0 spiro atoms. The Balaban J connectivity index is 1.41. The SMILES string of the molecule is COc1ccc(OC)c2sc(N(Cc3ccco3)C(=O)C3CCN(S(=O)(=O)c4cc(F)ccc4F)CC3)nc12. The van der Waals surface area contributed by atoms with Gasteiger partial charge in [0.25, 0.3) is 0 Å². The van der Waals surface area contributed by atoms with Gasteiger partial charge in [0.05, 0.1) is 27.0 Å². The highest BCUT2D eigenvalue weighted by molar-refractivity contribution is 7.89. The van der Waals surface area contributed by atoms with Crippen molar-refractivity contribution in [2.45, 2.75) is 24.3 Å². The van der Waals surface area contributed by atoms with E-state index < -0.39 is 32.5 Å². The number of piperidine rings is 1.